The van der Waals surface area contributed by atoms with Crippen LogP contribution < -0.4 is 35.3 Å². The van der Waals surface area contributed by atoms with Crippen molar-refractivity contribution in [3.8, 4) is 0 Å². The third kappa shape index (κ3) is 3.84. The molecule has 2 atom stereocenters. The van der Waals surface area contributed by atoms with Crippen LogP contribution in [-0.2, 0) is 13.8 Å². The molecular weight excluding hydrogens is 324 g/mol. The normalized spacial score (nSPS) is 21.9. The molecule has 2 unspecified atom stereocenters. The minimum Gasteiger partial charge on any atom is -0.382 e. The molecule has 2 aromatic rings. The van der Waals surface area contributed by atoms with Gasteiger partial charge in [-0.05, 0) is 12.8 Å². The average molecular weight is 338 g/mol. The summed E-state index contributed by atoms with van der Waals surface area (Å²) in [4.78, 5) is 29.5. The Hall–Kier alpha value is -0.580. The Morgan fingerprint density at radius 2 is 2.18 bits per heavy atom. The van der Waals surface area contributed by atoms with Crippen molar-refractivity contribution in [2.24, 2.45) is 0 Å². The second kappa shape index (κ2) is 6.90. The van der Waals surface area contributed by atoms with Gasteiger partial charge >= 0.3 is 37.4 Å². The van der Waals surface area contributed by atoms with Crippen molar-refractivity contribution in [3.63, 3.8) is 0 Å². The van der Waals surface area contributed by atoms with Crippen molar-refractivity contribution in [1.82, 2.24) is 19.5 Å². The van der Waals surface area contributed by atoms with Gasteiger partial charge in [0.15, 0.2) is 11.5 Å². The third-order valence-corrected chi connectivity index (χ3v) is 3.70. The molecule has 2 aromatic heterocycles. The largest absolute Gasteiger partial charge is 1.00 e. The molecule has 0 saturated carbocycles. The summed E-state index contributed by atoms with van der Waals surface area (Å²) in [7, 11) is -4.48. The summed E-state index contributed by atoms with van der Waals surface area (Å²) in [5, 5.41) is 0. The number of phosphoric acid groups is 1. The summed E-state index contributed by atoms with van der Waals surface area (Å²) in [6.45, 7) is -0.162. The third-order valence-electron chi connectivity index (χ3n) is 3.21. The minimum absolute atomic E-state index is 0. The number of hydrogen-bond acceptors (Lipinski definition) is 7. The van der Waals surface area contributed by atoms with Crippen LogP contribution in [0.2, 0.25) is 0 Å². The van der Waals surface area contributed by atoms with Gasteiger partial charge in [0.1, 0.15) is 18.1 Å². The first kappa shape index (κ1) is 17.8. The summed E-state index contributed by atoms with van der Waals surface area (Å²) in [5.41, 5.74) is 6.77. The van der Waals surface area contributed by atoms with Gasteiger partial charge < -0.3 is 20.3 Å². The van der Waals surface area contributed by atoms with Gasteiger partial charge in [0.05, 0.1) is 19.0 Å². The van der Waals surface area contributed by atoms with Gasteiger partial charge in [-0.25, -0.2) is 19.5 Å². The Morgan fingerprint density at radius 3 is 2.91 bits per heavy atom. The Bertz CT molecular complexity index is 706. The minimum atomic E-state index is -4.48. The van der Waals surface area contributed by atoms with Gasteiger partial charge in [0, 0.05) is 0 Å². The molecule has 22 heavy (non-hydrogen) atoms. The molecule has 1 aliphatic heterocycles. The fraction of sp³-hybridized carbons (Fsp3) is 0.500. The number of rotatable bonds is 4. The second-order valence-electron chi connectivity index (χ2n) is 4.66. The van der Waals surface area contributed by atoms with Crippen LogP contribution in [-0.4, -0.2) is 42.0 Å². The van der Waals surface area contributed by atoms with Crippen LogP contribution in [0.1, 0.15) is 19.1 Å². The van der Waals surface area contributed by atoms with E-state index >= 15 is 0 Å². The van der Waals surface area contributed by atoms with Crippen molar-refractivity contribution >= 4 is 24.8 Å². The molecule has 1 saturated heterocycles. The van der Waals surface area contributed by atoms with Crippen LogP contribution in [0.4, 0.5) is 5.82 Å². The van der Waals surface area contributed by atoms with E-state index < -0.39 is 7.82 Å². The fourth-order valence-electron chi connectivity index (χ4n) is 2.27. The van der Waals surface area contributed by atoms with E-state index in [-0.39, 0.29) is 54.3 Å². The van der Waals surface area contributed by atoms with Gasteiger partial charge in [0.25, 0.3) is 0 Å². The number of anilines is 1. The van der Waals surface area contributed by atoms with E-state index in [0.717, 1.165) is 0 Å². The molecule has 0 aromatic carbocycles. The van der Waals surface area contributed by atoms with Crippen molar-refractivity contribution in [1.29, 1.82) is 0 Å². The molecule has 4 N–H and O–H groups in total. The van der Waals surface area contributed by atoms with Crippen molar-refractivity contribution < 1.29 is 53.2 Å². The first-order valence-corrected chi connectivity index (χ1v) is 7.75. The Balaban J connectivity index is 0.00000176. The summed E-state index contributed by atoms with van der Waals surface area (Å²) < 4.78 is 22.6. The number of imidazole rings is 1. The van der Waals surface area contributed by atoms with Gasteiger partial charge in [-0.3, -0.25) is 9.09 Å². The maximum Gasteiger partial charge on any atom is 1.00 e. The Kier molecular flexibility index (Phi) is 5.57. The van der Waals surface area contributed by atoms with E-state index in [1.54, 1.807) is 10.9 Å². The molecule has 1 aliphatic rings. The molecule has 0 radical (unpaired) electrons. The van der Waals surface area contributed by atoms with E-state index in [1.165, 1.54) is 6.33 Å². The molecule has 3 heterocycles. The zero-order chi connectivity index (χ0) is 15.0. The maximum absolute atomic E-state index is 10.7. The van der Waals surface area contributed by atoms with E-state index in [9.17, 15) is 4.57 Å². The molecular formula is C10H14N5NaO5P+. The number of nitrogens with zero attached hydrogens (tertiary/aromatic N) is 4. The maximum atomic E-state index is 10.7. The summed E-state index contributed by atoms with van der Waals surface area (Å²) in [6.07, 6.45) is 3.47. The zero-order valence-electron chi connectivity index (χ0n) is 11.9. The van der Waals surface area contributed by atoms with Crippen LogP contribution in [0.25, 0.3) is 11.2 Å². The van der Waals surface area contributed by atoms with Crippen LogP contribution in [0.3, 0.4) is 0 Å². The quantitative estimate of drug-likeness (QED) is 0.397. The van der Waals surface area contributed by atoms with E-state index in [1.807, 2.05) is 0 Å². The van der Waals surface area contributed by atoms with Crippen LogP contribution in [0.5, 0.6) is 0 Å². The smallest absolute Gasteiger partial charge is 0.382 e. The molecule has 10 nitrogen and oxygen atoms in total. The number of nitrogen functional groups attached to an aromatic ring is 1. The Labute approximate surface area is 147 Å². The molecule has 3 rings (SSSR count). The molecule has 0 spiro atoms. The van der Waals surface area contributed by atoms with Crippen molar-refractivity contribution in [2.45, 2.75) is 25.2 Å². The molecule has 0 aliphatic carbocycles. The summed E-state index contributed by atoms with van der Waals surface area (Å²) in [5.74, 6) is 0.290. The predicted octanol–water partition coefficient (Wildman–Crippen LogP) is -2.80. The van der Waals surface area contributed by atoms with Gasteiger partial charge in [-0.15, -0.1) is 0 Å². The van der Waals surface area contributed by atoms with Crippen LogP contribution in [0, 0.1) is 0 Å². The first-order valence-electron chi connectivity index (χ1n) is 6.22. The van der Waals surface area contributed by atoms with Crippen LogP contribution in [0.15, 0.2) is 12.7 Å². The number of hydrogen-bond donors (Lipinski definition) is 3. The van der Waals surface area contributed by atoms with Gasteiger partial charge in [0.2, 0.25) is 0 Å². The fourth-order valence-corrected chi connectivity index (χ4v) is 2.64. The van der Waals surface area contributed by atoms with Crippen molar-refractivity contribution in [3.05, 3.63) is 12.7 Å². The molecule has 12 heteroatoms. The first-order chi connectivity index (χ1) is 9.94. The molecule has 1 fully saturated rings. The molecule has 0 amide bonds. The SMILES string of the molecule is Nc1ncnc2c1ncn2C1CCC(COP(=O)(O)O)O1.[Na+]. The number of fused-ring (bicyclic) bond motifs is 1. The summed E-state index contributed by atoms with van der Waals surface area (Å²) >= 11 is 0. The van der Waals surface area contributed by atoms with Crippen LogP contribution >= 0.6 is 7.82 Å². The average Bonchev–Trinajstić information content (AvgIpc) is 3.02. The number of nitrogens with two attached hydrogens (primary N) is 1. The monoisotopic (exact) mass is 338 g/mol. The number of ether oxygens (including phenoxy) is 1. The standard InChI is InChI=1S/C10H14N5O5P.Na/c11-9-8-10(13-4-12-9)15(5-14-8)7-2-1-6(20-7)3-19-21(16,17)18;/h4-7H,1-3H2,(H2,11,12,13)(H2,16,17,18);/q;+1. The van der Waals surface area contributed by atoms with Gasteiger partial charge in [-0.2, -0.15) is 0 Å². The summed E-state index contributed by atoms with van der Waals surface area (Å²) in [6, 6.07) is 0. The molecule has 0 bridgehead atoms. The van der Waals surface area contributed by atoms with Crippen molar-refractivity contribution in [2.75, 3.05) is 12.3 Å². The van der Waals surface area contributed by atoms with E-state index in [2.05, 4.69) is 19.5 Å². The van der Waals surface area contributed by atoms with E-state index in [0.29, 0.717) is 24.0 Å². The Morgan fingerprint density at radius 1 is 1.41 bits per heavy atom. The molecule has 114 valence electrons. The topological polar surface area (TPSA) is 146 Å². The number of phosphoric ester groups is 1. The number of aromatic nitrogens is 4. The van der Waals surface area contributed by atoms with E-state index in [4.69, 9.17) is 20.3 Å². The predicted molar refractivity (Wildman–Crippen MR) is 70.9 cm³/mol. The second-order valence-corrected chi connectivity index (χ2v) is 5.90. The van der Waals surface area contributed by atoms with Gasteiger partial charge in [-0.1, -0.05) is 0 Å². The zero-order valence-corrected chi connectivity index (χ0v) is 14.8.